The molecule has 1 fully saturated rings. The van der Waals surface area contributed by atoms with Crippen LogP contribution < -0.4 is 5.32 Å². The topological polar surface area (TPSA) is 35.5 Å². The average Bonchev–Trinajstić information content (AvgIpc) is 2.38. The van der Waals surface area contributed by atoms with Crippen molar-refractivity contribution in [1.82, 2.24) is 10.2 Å². The molecule has 2 N–H and O–H groups in total. The Morgan fingerprint density at radius 2 is 1.89 bits per heavy atom. The van der Waals surface area contributed by atoms with Gasteiger partial charge in [-0.15, -0.1) is 0 Å². The summed E-state index contributed by atoms with van der Waals surface area (Å²) in [6.45, 7) is 14.2. The summed E-state index contributed by atoms with van der Waals surface area (Å²) in [5, 5.41) is 12.9. The first-order chi connectivity index (χ1) is 8.97. The summed E-state index contributed by atoms with van der Waals surface area (Å²) in [5.41, 5.74) is 0.332. The lowest BCUT2D eigenvalue weighted by atomic mass is 9.84. The molecular formula is C16H34N2O. The number of nitrogens with one attached hydrogen (secondary N) is 1. The molecule has 0 spiro atoms. The van der Waals surface area contributed by atoms with E-state index in [4.69, 9.17) is 0 Å². The van der Waals surface area contributed by atoms with Gasteiger partial charge >= 0.3 is 0 Å². The number of piperidine rings is 1. The largest absolute Gasteiger partial charge is 0.396 e. The number of aliphatic hydroxyl groups excluding tert-OH is 1. The lowest BCUT2D eigenvalue weighted by Crippen LogP contribution is -2.44. The molecule has 0 aliphatic carbocycles. The smallest absolute Gasteiger partial charge is 0.0460 e. The summed E-state index contributed by atoms with van der Waals surface area (Å²) in [7, 11) is 0. The fourth-order valence-electron chi connectivity index (χ4n) is 2.86. The molecule has 1 atom stereocenters. The molecule has 19 heavy (non-hydrogen) atoms. The molecule has 0 aromatic heterocycles. The van der Waals surface area contributed by atoms with E-state index in [2.05, 4.69) is 37.9 Å². The number of aliphatic hydroxyl groups is 1. The van der Waals surface area contributed by atoms with Gasteiger partial charge in [-0.25, -0.2) is 0 Å². The highest BCUT2D eigenvalue weighted by Crippen LogP contribution is 2.23. The van der Waals surface area contributed by atoms with Crippen molar-refractivity contribution in [2.24, 2.45) is 11.3 Å². The minimum Gasteiger partial charge on any atom is -0.396 e. The molecule has 1 heterocycles. The van der Waals surface area contributed by atoms with E-state index in [1.165, 1.54) is 32.2 Å². The second kappa shape index (κ2) is 8.23. The van der Waals surface area contributed by atoms with Crippen LogP contribution in [0.1, 0.15) is 53.4 Å². The predicted octanol–water partition coefficient (Wildman–Crippen LogP) is 2.50. The van der Waals surface area contributed by atoms with Crippen molar-refractivity contribution in [3.05, 3.63) is 0 Å². The Labute approximate surface area is 119 Å². The molecule has 3 heteroatoms. The molecule has 0 bridgehead atoms. The summed E-state index contributed by atoms with van der Waals surface area (Å²) >= 11 is 0. The third-order valence-corrected chi connectivity index (χ3v) is 4.39. The minimum atomic E-state index is 0.332. The first kappa shape index (κ1) is 16.9. The van der Waals surface area contributed by atoms with Gasteiger partial charge in [-0.1, -0.05) is 27.7 Å². The summed E-state index contributed by atoms with van der Waals surface area (Å²) in [4.78, 5) is 2.57. The Bertz CT molecular complexity index is 229. The van der Waals surface area contributed by atoms with Gasteiger partial charge in [-0.05, 0) is 63.2 Å². The van der Waals surface area contributed by atoms with Crippen molar-refractivity contribution in [1.29, 1.82) is 0 Å². The Hall–Kier alpha value is -0.120. The molecule has 1 rings (SSSR count). The molecule has 114 valence electrons. The number of hydrogen-bond acceptors (Lipinski definition) is 3. The van der Waals surface area contributed by atoms with Gasteiger partial charge in [-0.3, -0.25) is 0 Å². The third-order valence-electron chi connectivity index (χ3n) is 4.39. The molecular weight excluding hydrogens is 236 g/mol. The van der Waals surface area contributed by atoms with E-state index in [9.17, 15) is 5.11 Å². The van der Waals surface area contributed by atoms with E-state index >= 15 is 0 Å². The van der Waals surface area contributed by atoms with Gasteiger partial charge in [0.2, 0.25) is 0 Å². The van der Waals surface area contributed by atoms with Crippen LogP contribution in [0, 0.1) is 11.3 Å². The molecule has 1 aliphatic heterocycles. The highest BCUT2D eigenvalue weighted by atomic mass is 16.3. The van der Waals surface area contributed by atoms with Crippen LogP contribution in [0.15, 0.2) is 0 Å². The van der Waals surface area contributed by atoms with E-state index < -0.39 is 0 Å². The first-order valence-electron chi connectivity index (χ1n) is 8.04. The SMILES string of the molecule is CCCNC(CCN1CCC(CO)CC1)C(C)(C)C. The van der Waals surface area contributed by atoms with Crippen LogP contribution in [0.4, 0.5) is 0 Å². The highest BCUT2D eigenvalue weighted by molar-refractivity contribution is 4.82. The molecule has 0 saturated carbocycles. The Kier molecular flexibility index (Phi) is 7.33. The minimum absolute atomic E-state index is 0.332. The van der Waals surface area contributed by atoms with Crippen LogP contribution in [0.2, 0.25) is 0 Å². The van der Waals surface area contributed by atoms with E-state index in [1.807, 2.05) is 0 Å². The molecule has 0 radical (unpaired) electrons. The summed E-state index contributed by atoms with van der Waals surface area (Å²) < 4.78 is 0. The molecule has 0 aromatic rings. The summed E-state index contributed by atoms with van der Waals surface area (Å²) in [6.07, 6.45) is 4.76. The van der Waals surface area contributed by atoms with Crippen molar-refractivity contribution in [2.75, 3.05) is 32.8 Å². The Morgan fingerprint density at radius 3 is 2.37 bits per heavy atom. The number of likely N-dealkylation sites (tertiary alicyclic amines) is 1. The van der Waals surface area contributed by atoms with Crippen molar-refractivity contribution < 1.29 is 5.11 Å². The second-order valence-corrected chi connectivity index (χ2v) is 7.13. The normalized spacial score (nSPS) is 20.7. The zero-order valence-electron chi connectivity index (χ0n) is 13.4. The second-order valence-electron chi connectivity index (χ2n) is 7.13. The lowest BCUT2D eigenvalue weighted by Gasteiger charge is -2.36. The number of hydrogen-bond donors (Lipinski definition) is 2. The van der Waals surface area contributed by atoms with Crippen LogP contribution in [0.25, 0.3) is 0 Å². The molecule has 1 unspecified atom stereocenters. The standard InChI is InChI=1S/C16H34N2O/c1-5-9-17-15(16(2,3)4)8-12-18-10-6-14(13-19)7-11-18/h14-15,17,19H,5-13H2,1-4H3. The van der Waals surface area contributed by atoms with Gasteiger partial charge in [0, 0.05) is 12.6 Å². The zero-order chi connectivity index (χ0) is 14.3. The van der Waals surface area contributed by atoms with E-state index in [-0.39, 0.29) is 0 Å². The monoisotopic (exact) mass is 270 g/mol. The van der Waals surface area contributed by atoms with Crippen LogP contribution in [-0.4, -0.2) is 48.8 Å². The van der Waals surface area contributed by atoms with Crippen LogP contribution >= 0.6 is 0 Å². The van der Waals surface area contributed by atoms with E-state index in [1.54, 1.807) is 0 Å². The van der Waals surface area contributed by atoms with Gasteiger partial charge in [0.1, 0.15) is 0 Å². The van der Waals surface area contributed by atoms with Crippen LogP contribution in [0.3, 0.4) is 0 Å². The van der Waals surface area contributed by atoms with Crippen molar-refractivity contribution >= 4 is 0 Å². The number of rotatable bonds is 7. The van der Waals surface area contributed by atoms with E-state index in [0.29, 0.717) is 24.0 Å². The van der Waals surface area contributed by atoms with Gasteiger partial charge < -0.3 is 15.3 Å². The fourth-order valence-corrected chi connectivity index (χ4v) is 2.86. The van der Waals surface area contributed by atoms with Crippen molar-refractivity contribution in [3.63, 3.8) is 0 Å². The van der Waals surface area contributed by atoms with Gasteiger partial charge in [-0.2, -0.15) is 0 Å². The predicted molar refractivity (Wildman–Crippen MR) is 82.4 cm³/mol. The maximum Gasteiger partial charge on any atom is 0.0460 e. The summed E-state index contributed by atoms with van der Waals surface area (Å²) in [5.74, 6) is 0.549. The summed E-state index contributed by atoms with van der Waals surface area (Å²) in [6, 6.07) is 0.600. The average molecular weight is 270 g/mol. The van der Waals surface area contributed by atoms with Crippen molar-refractivity contribution in [2.45, 2.75) is 59.4 Å². The third kappa shape index (κ3) is 6.24. The molecule has 1 saturated heterocycles. The molecule has 0 amide bonds. The molecule has 1 aliphatic rings. The molecule has 0 aromatic carbocycles. The Morgan fingerprint density at radius 1 is 1.26 bits per heavy atom. The number of nitrogens with zero attached hydrogens (tertiary/aromatic N) is 1. The maximum atomic E-state index is 9.17. The van der Waals surface area contributed by atoms with E-state index in [0.717, 1.165) is 19.6 Å². The quantitative estimate of drug-likeness (QED) is 0.746. The zero-order valence-corrected chi connectivity index (χ0v) is 13.4. The fraction of sp³-hybridized carbons (Fsp3) is 1.00. The molecule has 3 nitrogen and oxygen atoms in total. The first-order valence-corrected chi connectivity index (χ1v) is 8.04. The Balaban J connectivity index is 2.31. The van der Waals surface area contributed by atoms with Gasteiger partial charge in [0.25, 0.3) is 0 Å². The van der Waals surface area contributed by atoms with Gasteiger partial charge in [0.15, 0.2) is 0 Å². The van der Waals surface area contributed by atoms with Crippen molar-refractivity contribution in [3.8, 4) is 0 Å². The van der Waals surface area contributed by atoms with Crippen LogP contribution in [-0.2, 0) is 0 Å². The lowest BCUT2D eigenvalue weighted by molar-refractivity contribution is 0.122. The highest BCUT2D eigenvalue weighted by Gasteiger charge is 2.25. The van der Waals surface area contributed by atoms with Crippen LogP contribution in [0.5, 0.6) is 0 Å². The maximum absolute atomic E-state index is 9.17. The van der Waals surface area contributed by atoms with Gasteiger partial charge in [0.05, 0.1) is 0 Å².